The molecule has 1 saturated heterocycles. The number of aliphatic hydroxyl groups is 1. The molecule has 1 aromatic heterocycles. The lowest BCUT2D eigenvalue weighted by molar-refractivity contribution is -0.197. The number of rotatable bonds is 8. The lowest BCUT2D eigenvalue weighted by atomic mass is 10.0. The number of nitrogens with zero attached hydrogens (tertiary/aromatic N) is 3. The van der Waals surface area contributed by atoms with E-state index < -0.39 is 17.8 Å². The van der Waals surface area contributed by atoms with Gasteiger partial charge in [-0.25, -0.2) is 4.79 Å². The van der Waals surface area contributed by atoms with E-state index in [4.69, 9.17) is 14.4 Å². The molecular weight excluding hydrogens is 502 g/mol. The normalized spacial score (nSPS) is 13.2. The predicted molar refractivity (Wildman–Crippen MR) is 151 cm³/mol. The van der Waals surface area contributed by atoms with Crippen LogP contribution in [0.5, 0.6) is 0 Å². The second-order valence-electron chi connectivity index (χ2n) is 9.46. The molecule has 1 fully saturated rings. The maximum atomic E-state index is 13.4. The van der Waals surface area contributed by atoms with Crippen LogP contribution >= 0.6 is 0 Å². The lowest BCUT2D eigenvalue weighted by Crippen LogP contribution is -2.31. The zero-order valence-corrected chi connectivity index (χ0v) is 23.0. The molecule has 10 nitrogen and oxygen atoms in total. The largest absolute Gasteiger partial charge is 0.456 e. The number of anilines is 2. The Balaban J connectivity index is 0.00000134. The molecule has 10 heteroatoms. The van der Waals surface area contributed by atoms with Crippen LogP contribution < -0.4 is 15.2 Å². The van der Waals surface area contributed by atoms with Crippen LogP contribution in [0.25, 0.3) is 28.0 Å². The van der Waals surface area contributed by atoms with Crippen molar-refractivity contribution >= 4 is 57.2 Å². The molecule has 208 valence electrons. The van der Waals surface area contributed by atoms with Gasteiger partial charge in [-0.05, 0) is 43.5 Å². The Kier molecular flexibility index (Phi) is 9.84. The number of carbonyl (C=O) groups excluding carboxylic acids is 3. The fourth-order valence-electron chi connectivity index (χ4n) is 4.03. The number of fused-ring (bicyclic) bond motifs is 2. The van der Waals surface area contributed by atoms with Crippen LogP contribution in [0, 0.1) is 0 Å². The highest BCUT2D eigenvalue weighted by Crippen LogP contribution is 2.29. The predicted octanol–water partition coefficient (Wildman–Crippen LogP) is 3.87. The van der Waals surface area contributed by atoms with Crippen LogP contribution in [0.1, 0.15) is 44.6 Å². The van der Waals surface area contributed by atoms with E-state index in [1.807, 2.05) is 74.4 Å². The van der Waals surface area contributed by atoms with E-state index >= 15 is 0 Å². The van der Waals surface area contributed by atoms with Crippen molar-refractivity contribution in [3.63, 3.8) is 0 Å². The van der Waals surface area contributed by atoms with Crippen molar-refractivity contribution in [3.8, 4) is 0 Å². The van der Waals surface area contributed by atoms with Gasteiger partial charge in [-0.15, -0.1) is 5.06 Å². The summed E-state index contributed by atoms with van der Waals surface area (Å²) in [5.41, 5.74) is 3.46. The van der Waals surface area contributed by atoms with E-state index in [0.717, 1.165) is 16.9 Å². The van der Waals surface area contributed by atoms with Crippen molar-refractivity contribution in [1.82, 2.24) is 5.06 Å². The van der Waals surface area contributed by atoms with Crippen LogP contribution in [-0.4, -0.2) is 62.8 Å². The van der Waals surface area contributed by atoms with Gasteiger partial charge in [-0.3, -0.25) is 14.4 Å². The molecular formula is C29H35N3O7. The topological polar surface area (TPSA) is 121 Å². The molecule has 2 heterocycles. The molecule has 0 aliphatic carbocycles. The van der Waals surface area contributed by atoms with Crippen LogP contribution in [-0.2, 0) is 19.2 Å². The molecule has 1 aliphatic rings. The van der Waals surface area contributed by atoms with Gasteiger partial charge in [0.2, 0.25) is 5.43 Å². The number of unbranched alkanes of at least 4 members (excludes halogenated alkanes) is 1. The van der Waals surface area contributed by atoms with Gasteiger partial charge in [0.15, 0.2) is 0 Å². The van der Waals surface area contributed by atoms with E-state index in [9.17, 15) is 19.2 Å². The first-order chi connectivity index (χ1) is 18.6. The monoisotopic (exact) mass is 537 g/mol. The molecule has 1 N–H and O–H groups in total. The molecule has 4 rings (SSSR count). The number of carbonyl (C=O) groups is 3. The number of aliphatic hydroxyl groups excluding tert-OH is 1. The molecule has 0 unspecified atom stereocenters. The molecule has 39 heavy (non-hydrogen) atoms. The third-order valence-electron chi connectivity index (χ3n) is 6.06. The molecule has 0 saturated carbocycles. The van der Waals surface area contributed by atoms with E-state index in [1.165, 1.54) is 0 Å². The zero-order valence-electron chi connectivity index (χ0n) is 23.0. The molecule has 2 amide bonds. The quantitative estimate of drug-likeness (QED) is 0.259. The Labute approximate surface area is 227 Å². The molecule has 0 atom stereocenters. The van der Waals surface area contributed by atoms with Gasteiger partial charge < -0.3 is 24.2 Å². The van der Waals surface area contributed by atoms with Gasteiger partial charge in [-0.1, -0.05) is 12.2 Å². The van der Waals surface area contributed by atoms with Crippen molar-refractivity contribution in [2.75, 3.05) is 44.6 Å². The summed E-state index contributed by atoms with van der Waals surface area (Å²) in [4.78, 5) is 57.3. The van der Waals surface area contributed by atoms with Crippen LogP contribution in [0.2, 0.25) is 0 Å². The number of imide groups is 1. The van der Waals surface area contributed by atoms with Crippen molar-refractivity contribution in [2.45, 2.75) is 39.0 Å². The van der Waals surface area contributed by atoms with Crippen molar-refractivity contribution in [2.24, 2.45) is 0 Å². The number of hydrogen-bond acceptors (Lipinski definition) is 9. The summed E-state index contributed by atoms with van der Waals surface area (Å²) in [6, 6.07) is 9.31. The average molecular weight is 538 g/mol. The first kappa shape index (κ1) is 29.4. The first-order valence-electron chi connectivity index (χ1n) is 12.8. The highest BCUT2D eigenvalue weighted by molar-refractivity contribution is 6.01. The summed E-state index contributed by atoms with van der Waals surface area (Å²) in [7, 11) is 7.69. The smallest absolute Gasteiger partial charge is 0.333 e. The van der Waals surface area contributed by atoms with Crippen molar-refractivity contribution < 1.29 is 28.7 Å². The Morgan fingerprint density at radius 1 is 1.00 bits per heavy atom. The van der Waals surface area contributed by atoms with E-state index in [1.54, 1.807) is 13.0 Å². The summed E-state index contributed by atoms with van der Waals surface area (Å²) < 4.78 is 6.18. The average Bonchev–Trinajstić information content (AvgIpc) is 3.20. The van der Waals surface area contributed by atoms with Gasteiger partial charge in [0, 0.05) is 77.6 Å². The number of allylic oxidation sites excluding steroid dienone is 1. The minimum Gasteiger partial charge on any atom is -0.456 e. The number of hydrogen-bond donors (Lipinski definition) is 1. The van der Waals surface area contributed by atoms with E-state index in [0.29, 0.717) is 39.8 Å². The minimum absolute atomic E-state index is 0.0564. The maximum absolute atomic E-state index is 13.4. The summed E-state index contributed by atoms with van der Waals surface area (Å²) in [5.74, 6) is -1.62. The SMILES string of the molecule is CCO.CN(C)c1ccc2c(=O)c3c(/C=C/CCCC(=O)ON4C(=O)CCC4=O)cc(N(C)C)cc3oc2c1. The molecule has 0 radical (unpaired) electrons. The standard InChI is InChI=1S/C27H29N3O6.C2H6O/c1-28(2)18-10-11-20-21(15-18)35-22-16-19(29(3)4)14-17(26(22)27(20)34)8-6-5-7-9-25(33)36-30-23(31)12-13-24(30)32;1-2-3/h6,8,10-11,14-16H,5,7,9,12-13H2,1-4H3;3H,2H2,1H3/b8-6+;. The van der Waals surface area contributed by atoms with Crippen LogP contribution in [0.15, 0.2) is 45.6 Å². The minimum atomic E-state index is -0.628. The molecule has 0 spiro atoms. The third kappa shape index (κ3) is 7.02. The molecule has 0 bridgehead atoms. The van der Waals surface area contributed by atoms with Gasteiger partial charge in [0.1, 0.15) is 11.2 Å². The Hall–Kier alpha value is -4.18. The Morgan fingerprint density at radius 3 is 2.23 bits per heavy atom. The number of benzene rings is 2. The van der Waals surface area contributed by atoms with Gasteiger partial charge in [0.25, 0.3) is 11.8 Å². The molecule has 2 aromatic carbocycles. The molecule has 1 aliphatic heterocycles. The fourth-order valence-corrected chi connectivity index (χ4v) is 4.03. The second-order valence-corrected chi connectivity index (χ2v) is 9.46. The van der Waals surface area contributed by atoms with E-state index in [-0.39, 0.29) is 31.3 Å². The fraction of sp³-hybridized carbons (Fsp3) is 0.379. The van der Waals surface area contributed by atoms with Gasteiger partial charge in [-0.2, -0.15) is 0 Å². The van der Waals surface area contributed by atoms with Crippen LogP contribution in [0.4, 0.5) is 11.4 Å². The summed E-state index contributed by atoms with van der Waals surface area (Å²) in [6.07, 6.45) is 4.92. The summed E-state index contributed by atoms with van der Waals surface area (Å²) >= 11 is 0. The summed E-state index contributed by atoms with van der Waals surface area (Å²) in [6.45, 7) is 1.93. The number of amides is 2. The Morgan fingerprint density at radius 2 is 1.62 bits per heavy atom. The second kappa shape index (κ2) is 13.1. The maximum Gasteiger partial charge on any atom is 0.333 e. The third-order valence-corrected chi connectivity index (χ3v) is 6.06. The summed E-state index contributed by atoms with van der Waals surface area (Å²) in [5, 5.41) is 9.13. The van der Waals surface area contributed by atoms with Gasteiger partial charge in [0.05, 0.1) is 10.8 Å². The first-order valence-corrected chi connectivity index (χ1v) is 12.8. The lowest BCUT2D eigenvalue weighted by Gasteiger charge is -2.16. The number of hydroxylamine groups is 2. The molecule has 3 aromatic rings. The van der Waals surface area contributed by atoms with E-state index in [2.05, 4.69) is 0 Å². The van der Waals surface area contributed by atoms with Crippen LogP contribution in [0.3, 0.4) is 0 Å². The highest BCUT2D eigenvalue weighted by Gasteiger charge is 2.32. The van der Waals surface area contributed by atoms with Crippen molar-refractivity contribution in [3.05, 3.63) is 52.2 Å². The zero-order chi connectivity index (χ0) is 28.7. The highest BCUT2D eigenvalue weighted by atomic mass is 16.7. The van der Waals surface area contributed by atoms with Crippen molar-refractivity contribution in [1.29, 1.82) is 0 Å². The van der Waals surface area contributed by atoms with Gasteiger partial charge >= 0.3 is 5.97 Å². The Bertz CT molecular complexity index is 1440.